The predicted molar refractivity (Wildman–Crippen MR) is 118 cm³/mol. The smallest absolute Gasteiger partial charge is 0.110 e. The second-order valence-corrected chi connectivity index (χ2v) is 9.69. The van der Waals surface area contributed by atoms with E-state index in [0.29, 0.717) is 31.7 Å². The molecule has 2 atom stereocenters. The Hall–Kier alpha value is -0.950. The van der Waals surface area contributed by atoms with Gasteiger partial charge in [0.2, 0.25) is 0 Å². The summed E-state index contributed by atoms with van der Waals surface area (Å²) in [7, 11) is -0.282. The van der Waals surface area contributed by atoms with Crippen molar-refractivity contribution in [1.82, 2.24) is 0 Å². The van der Waals surface area contributed by atoms with Gasteiger partial charge in [-0.1, -0.05) is 26.2 Å². The topological polar surface area (TPSA) is 27.7 Å². The zero-order valence-corrected chi connectivity index (χ0v) is 18.8. The average molecular weight is 397 g/mol. The normalized spacial score (nSPS) is 24.8. The maximum atomic E-state index is 5.78. The van der Waals surface area contributed by atoms with Crippen LogP contribution in [0.25, 0.3) is 0 Å². The Kier molecular flexibility index (Phi) is 12.6. The molecule has 2 unspecified atom stereocenters. The molecule has 1 rings (SSSR count). The largest absolute Gasteiger partial charge is 0.499 e. The van der Waals surface area contributed by atoms with Crippen molar-refractivity contribution in [2.75, 3.05) is 32.1 Å². The van der Waals surface area contributed by atoms with Gasteiger partial charge in [-0.25, -0.2) is 0 Å². The molecule has 0 amide bonds. The molecule has 0 aliphatic carbocycles. The maximum absolute atomic E-state index is 5.78. The number of hydrogen-bond donors (Lipinski definition) is 0. The zero-order valence-electron chi connectivity index (χ0n) is 17.9. The Morgan fingerprint density at radius 3 is 1.52 bits per heavy atom. The molecular weight excluding hydrogens is 355 g/mol. The Balaban J connectivity index is 2.82. The number of ether oxygens (including phenoxy) is 3. The minimum Gasteiger partial charge on any atom is -0.499 e. The summed E-state index contributed by atoms with van der Waals surface area (Å²) in [5.74, 6) is 2.82. The van der Waals surface area contributed by atoms with E-state index in [9.17, 15) is 0 Å². The van der Waals surface area contributed by atoms with Crippen molar-refractivity contribution in [3.63, 3.8) is 0 Å². The average Bonchev–Trinajstić information content (AvgIpc) is 2.62. The summed E-state index contributed by atoms with van der Waals surface area (Å²) < 4.78 is 17.3. The fourth-order valence-electron chi connectivity index (χ4n) is 3.83. The van der Waals surface area contributed by atoms with Crippen LogP contribution in [0.15, 0.2) is 36.8 Å². The molecule has 156 valence electrons. The minimum atomic E-state index is -0.282. The summed E-state index contributed by atoms with van der Waals surface area (Å²) in [6.07, 6.45) is 10.5. The molecule has 0 aromatic heterocycles. The van der Waals surface area contributed by atoms with E-state index in [0.717, 1.165) is 42.7 Å². The summed E-state index contributed by atoms with van der Waals surface area (Å²) in [6.45, 7) is 20.9. The van der Waals surface area contributed by atoms with E-state index in [-0.39, 0.29) is 7.92 Å². The van der Waals surface area contributed by atoms with Crippen molar-refractivity contribution in [1.29, 1.82) is 0 Å². The third-order valence-corrected chi connectivity index (χ3v) is 7.85. The van der Waals surface area contributed by atoms with E-state index < -0.39 is 0 Å². The first-order valence-corrected chi connectivity index (χ1v) is 12.4. The van der Waals surface area contributed by atoms with E-state index in [1.165, 1.54) is 31.6 Å². The zero-order chi connectivity index (χ0) is 20.1. The van der Waals surface area contributed by atoms with Crippen LogP contribution < -0.4 is 0 Å². The van der Waals surface area contributed by atoms with Crippen molar-refractivity contribution in [2.45, 2.75) is 65.7 Å². The van der Waals surface area contributed by atoms with Crippen molar-refractivity contribution < 1.29 is 14.2 Å². The molecule has 4 heteroatoms. The highest BCUT2D eigenvalue weighted by molar-refractivity contribution is 7.61. The van der Waals surface area contributed by atoms with E-state index >= 15 is 0 Å². The van der Waals surface area contributed by atoms with Crippen molar-refractivity contribution >= 4 is 7.92 Å². The first kappa shape index (κ1) is 24.1. The van der Waals surface area contributed by atoms with E-state index in [4.69, 9.17) is 14.2 Å². The van der Waals surface area contributed by atoms with Gasteiger partial charge < -0.3 is 14.2 Å². The maximum Gasteiger partial charge on any atom is 0.110 e. The molecule has 0 N–H and O–H groups in total. The van der Waals surface area contributed by atoms with Gasteiger partial charge in [-0.05, 0) is 79.5 Å². The number of allylic oxidation sites excluding steroid dienone is 2. The monoisotopic (exact) mass is 396 g/mol. The summed E-state index contributed by atoms with van der Waals surface area (Å²) in [6, 6.07) is 0. The first-order chi connectivity index (χ1) is 13.0. The van der Waals surface area contributed by atoms with Gasteiger partial charge >= 0.3 is 0 Å². The lowest BCUT2D eigenvalue weighted by molar-refractivity contribution is 0.172. The summed E-state index contributed by atoms with van der Waals surface area (Å²) >= 11 is 0. The van der Waals surface area contributed by atoms with Crippen LogP contribution in [0.2, 0.25) is 0 Å². The Labute approximate surface area is 169 Å². The molecule has 3 nitrogen and oxygen atoms in total. The third-order valence-electron chi connectivity index (χ3n) is 5.30. The fraction of sp³-hybridized carbons (Fsp3) is 0.739. The molecule has 27 heavy (non-hydrogen) atoms. The lowest BCUT2D eigenvalue weighted by atomic mass is 9.90. The first-order valence-electron chi connectivity index (χ1n) is 10.7. The SMILES string of the molecule is C=C(OCC)C1CCCC(C(=C)OCC)CCCP(C(=C)OCC)CCC1. The van der Waals surface area contributed by atoms with Gasteiger partial charge in [-0.15, -0.1) is 0 Å². The number of rotatable bonds is 9. The molecule has 0 spiro atoms. The van der Waals surface area contributed by atoms with E-state index in [2.05, 4.69) is 19.7 Å². The predicted octanol–water partition coefficient (Wildman–Crippen LogP) is 7.05. The highest BCUT2D eigenvalue weighted by Crippen LogP contribution is 2.47. The van der Waals surface area contributed by atoms with Crippen LogP contribution in [0.4, 0.5) is 0 Å². The van der Waals surface area contributed by atoms with Crippen LogP contribution in [0, 0.1) is 11.8 Å². The highest BCUT2D eigenvalue weighted by Gasteiger charge is 2.22. The molecule has 1 heterocycles. The van der Waals surface area contributed by atoms with Crippen molar-refractivity contribution in [3.8, 4) is 0 Å². The van der Waals surface area contributed by atoms with Crippen LogP contribution in [0.5, 0.6) is 0 Å². The molecule has 0 saturated carbocycles. The minimum absolute atomic E-state index is 0.282. The van der Waals surface area contributed by atoms with Gasteiger partial charge in [-0.3, -0.25) is 0 Å². The van der Waals surface area contributed by atoms with Gasteiger partial charge in [-0.2, -0.15) is 0 Å². The van der Waals surface area contributed by atoms with Gasteiger partial charge in [0.15, 0.2) is 0 Å². The second-order valence-electron chi connectivity index (χ2n) is 7.22. The van der Waals surface area contributed by atoms with E-state index in [1.807, 2.05) is 20.8 Å². The van der Waals surface area contributed by atoms with Gasteiger partial charge in [0.25, 0.3) is 0 Å². The van der Waals surface area contributed by atoms with Gasteiger partial charge in [0, 0.05) is 11.8 Å². The second kappa shape index (κ2) is 14.1. The van der Waals surface area contributed by atoms with Crippen LogP contribution in [-0.2, 0) is 14.2 Å². The van der Waals surface area contributed by atoms with Crippen LogP contribution in [0.3, 0.4) is 0 Å². The third kappa shape index (κ3) is 9.19. The Morgan fingerprint density at radius 1 is 0.704 bits per heavy atom. The van der Waals surface area contributed by atoms with Crippen molar-refractivity contribution in [3.05, 3.63) is 36.8 Å². The Morgan fingerprint density at radius 2 is 1.11 bits per heavy atom. The summed E-state index contributed by atoms with van der Waals surface area (Å²) in [5, 5.41) is 0. The molecule has 1 aliphatic heterocycles. The van der Waals surface area contributed by atoms with Crippen molar-refractivity contribution in [2.24, 2.45) is 11.8 Å². The molecule has 0 aromatic carbocycles. The standard InChI is InChI=1S/C23H41O3P/c1-7-24-19(4)22-13-10-14-23(20(5)25-8-2)16-12-18-27(17-11-15-22)21(6)26-9-3/h22-23H,4-18H2,1-3H3. The summed E-state index contributed by atoms with van der Waals surface area (Å²) in [5.41, 5.74) is 1.02. The van der Waals surface area contributed by atoms with Gasteiger partial charge in [0.05, 0.1) is 31.3 Å². The summed E-state index contributed by atoms with van der Waals surface area (Å²) in [4.78, 5) is 0. The lowest BCUT2D eigenvalue weighted by Gasteiger charge is -2.26. The molecule has 1 fully saturated rings. The van der Waals surface area contributed by atoms with Crippen LogP contribution in [-0.4, -0.2) is 32.1 Å². The van der Waals surface area contributed by atoms with E-state index in [1.54, 1.807) is 0 Å². The number of hydrogen-bond acceptors (Lipinski definition) is 3. The fourth-order valence-corrected chi connectivity index (χ4v) is 5.99. The lowest BCUT2D eigenvalue weighted by Crippen LogP contribution is -2.13. The molecule has 1 aliphatic rings. The van der Waals surface area contributed by atoms with Crippen LogP contribution >= 0.6 is 7.92 Å². The van der Waals surface area contributed by atoms with Crippen LogP contribution in [0.1, 0.15) is 65.7 Å². The molecular formula is C23H41O3P. The Bertz CT molecular complexity index is 382. The molecule has 1 saturated heterocycles. The van der Waals surface area contributed by atoms with Gasteiger partial charge in [0.1, 0.15) is 5.50 Å². The molecule has 0 bridgehead atoms. The highest BCUT2D eigenvalue weighted by atomic mass is 31.1. The molecule has 0 radical (unpaired) electrons. The quantitative estimate of drug-likeness (QED) is 0.309. The molecule has 0 aromatic rings.